The molecule has 0 unspecified atom stereocenters. The van der Waals surface area contributed by atoms with Crippen LogP contribution in [0.4, 0.5) is 0 Å². The van der Waals surface area contributed by atoms with Crippen LogP contribution >= 0.6 is 0 Å². The Balaban J connectivity index is 1.99. The van der Waals surface area contributed by atoms with Crippen LogP contribution in [0.2, 0.25) is 0 Å². The molecule has 1 heteroatoms. The van der Waals surface area contributed by atoms with Gasteiger partial charge in [-0.25, -0.2) is 0 Å². The van der Waals surface area contributed by atoms with Crippen LogP contribution in [0.3, 0.4) is 0 Å². The maximum atomic E-state index is 6.06. The highest BCUT2D eigenvalue weighted by molar-refractivity contribution is 5.30. The lowest BCUT2D eigenvalue weighted by Crippen LogP contribution is -2.22. The SMILES string of the molecule is Cc1ccc(CCC2(N)CC2)cc1C. The summed E-state index contributed by atoms with van der Waals surface area (Å²) in [5.74, 6) is 0. The zero-order valence-electron chi connectivity index (χ0n) is 9.14. The molecule has 2 N–H and O–H groups in total. The van der Waals surface area contributed by atoms with Gasteiger partial charge >= 0.3 is 0 Å². The van der Waals surface area contributed by atoms with Gasteiger partial charge in [-0.3, -0.25) is 0 Å². The predicted octanol–water partition coefficient (Wildman–Crippen LogP) is 2.73. The largest absolute Gasteiger partial charge is 0.325 e. The van der Waals surface area contributed by atoms with Crippen LogP contribution in [0.5, 0.6) is 0 Å². The number of nitrogens with two attached hydrogens (primary N) is 1. The number of aryl methyl sites for hydroxylation is 3. The summed E-state index contributed by atoms with van der Waals surface area (Å²) in [7, 11) is 0. The van der Waals surface area contributed by atoms with Crippen LogP contribution in [0, 0.1) is 13.8 Å². The molecule has 1 fully saturated rings. The van der Waals surface area contributed by atoms with Crippen LogP contribution in [0.1, 0.15) is 36.0 Å². The summed E-state index contributed by atoms with van der Waals surface area (Å²) in [6, 6.07) is 6.73. The topological polar surface area (TPSA) is 26.0 Å². The third kappa shape index (κ3) is 2.16. The van der Waals surface area contributed by atoms with Crippen LogP contribution in [-0.4, -0.2) is 5.54 Å². The minimum Gasteiger partial charge on any atom is -0.325 e. The molecule has 0 atom stereocenters. The smallest absolute Gasteiger partial charge is 0.0158 e. The summed E-state index contributed by atoms with van der Waals surface area (Å²) in [5, 5.41) is 0. The maximum absolute atomic E-state index is 6.06. The summed E-state index contributed by atoms with van der Waals surface area (Å²) in [4.78, 5) is 0. The molecule has 1 aromatic carbocycles. The molecule has 0 bridgehead atoms. The standard InChI is InChI=1S/C13H19N/c1-10-3-4-12(9-11(10)2)5-6-13(14)7-8-13/h3-4,9H,5-8,14H2,1-2H3. The summed E-state index contributed by atoms with van der Waals surface area (Å²) < 4.78 is 0. The van der Waals surface area contributed by atoms with E-state index in [-0.39, 0.29) is 5.54 Å². The summed E-state index contributed by atoms with van der Waals surface area (Å²) in [5.41, 5.74) is 10.5. The third-order valence-corrected chi connectivity index (χ3v) is 3.38. The van der Waals surface area contributed by atoms with Crippen molar-refractivity contribution in [3.8, 4) is 0 Å². The van der Waals surface area contributed by atoms with E-state index in [1.807, 2.05) is 0 Å². The van der Waals surface area contributed by atoms with Gasteiger partial charge in [-0.15, -0.1) is 0 Å². The molecule has 0 saturated heterocycles. The zero-order chi connectivity index (χ0) is 10.2. The number of benzene rings is 1. The molecule has 0 spiro atoms. The van der Waals surface area contributed by atoms with E-state index in [1.165, 1.54) is 29.5 Å². The maximum Gasteiger partial charge on any atom is 0.0158 e. The Labute approximate surface area is 86.3 Å². The van der Waals surface area contributed by atoms with Crippen molar-refractivity contribution < 1.29 is 0 Å². The second-order valence-electron chi connectivity index (χ2n) is 4.78. The van der Waals surface area contributed by atoms with Gasteiger partial charge in [0, 0.05) is 5.54 Å². The molecule has 0 amide bonds. The number of rotatable bonds is 3. The molecular weight excluding hydrogens is 170 g/mol. The van der Waals surface area contributed by atoms with Gasteiger partial charge in [-0.2, -0.15) is 0 Å². The first-order valence-corrected chi connectivity index (χ1v) is 5.44. The average molecular weight is 189 g/mol. The number of hydrogen-bond donors (Lipinski definition) is 1. The third-order valence-electron chi connectivity index (χ3n) is 3.38. The lowest BCUT2D eigenvalue weighted by molar-refractivity contribution is 0.609. The first-order valence-electron chi connectivity index (χ1n) is 5.44. The van der Waals surface area contributed by atoms with Crippen molar-refractivity contribution in [2.75, 3.05) is 0 Å². The zero-order valence-corrected chi connectivity index (χ0v) is 9.14. The molecule has 14 heavy (non-hydrogen) atoms. The van der Waals surface area contributed by atoms with E-state index < -0.39 is 0 Å². The van der Waals surface area contributed by atoms with Crippen molar-refractivity contribution in [1.82, 2.24) is 0 Å². The van der Waals surface area contributed by atoms with Crippen LogP contribution < -0.4 is 5.73 Å². The molecule has 0 aromatic heterocycles. The first kappa shape index (κ1) is 9.72. The van der Waals surface area contributed by atoms with E-state index >= 15 is 0 Å². The van der Waals surface area contributed by atoms with Crippen LogP contribution in [0.25, 0.3) is 0 Å². The van der Waals surface area contributed by atoms with Gasteiger partial charge in [-0.05, 0) is 56.2 Å². The first-order chi connectivity index (χ1) is 6.59. The quantitative estimate of drug-likeness (QED) is 0.777. The highest BCUT2D eigenvalue weighted by Crippen LogP contribution is 2.36. The average Bonchev–Trinajstić information content (AvgIpc) is 2.87. The van der Waals surface area contributed by atoms with E-state index in [1.54, 1.807) is 0 Å². The Bertz CT molecular complexity index is 337. The predicted molar refractivity (Wildman–Crippen MR) is 60.4 cm³/mol. The lowest BCUT2D eigenvalue weighted by atomic mass is 10.0. The Kier molecular flexibility index (Phi) is 2.36. The van der Waals surface area contributed by atoms with E-state index in [0.29, 0.717) is 0 Å². The molecule has 0 heterocycles. The minimum absolute atomic E-state index is 0.193. The van der Waals surface area contributed by atoms with Crippen molar-refractivity contribution in [3.05, 3.63) is 34.9 Å². The highest BCUT2D eigenvalue weighted by atomic mass is 14.8. The molecule has 1 aromatic rings. The van der Waals surface area contributed by atoms with Gasteiger partial charge in [0.2, 0.25) is 0 Å². The fraction of sp³-hybridized carbons (Fsp3) is 0.538. The fourth-order valence-electron chi connectivity index (χ4n) is 1.76. The van der Waals surface area contributed by atoms with Gasteiger partial charge in [0.05, 0.1) is 0 Å². The molecular formula is C13H19N. The Morgan fingerprint density at radius 3 is 2.50 bits per heavy atom. The Hall–Kier alpha value is -0.820. The van der Waals surface area contributed by atoms with Crippen molar-refractivity contribution in [2.24, 2.45) is 5.73 Å². The molecule has 76 valence electrons. The Morgan fingerprint density at radius 2 is 1.93 bits per heavy atom. The normalized spacial score (nSPS) is 18.2. The van der Waals surface area contributed by atoms with Crippen molar-refractivity contribution in [2.45, 2.75) is 45.1 Å². The molecule has 0 radical (unpaired) electrons. The van der Waals surface area contributed by atoms with E-state index in [2.05, 4.69) is 32.0 Å². The molecule has 1 saturated carbocycles. The number of hydrogen-bond acceptors (Lipinski definition) is 1. The van der Waals surface area contributed by atoms with E-state index in [0.717, 1.165) is 12.8 Å². The monoisotopic (exact) mass is 189 g/mol. The van der Waals surface area contributed by atoms with Gasteiger partial charge in [0.15, 0.2) is 0 Å². The fourth-order valence-corrected chi connectivity index (χ4v) is 1.76. The Morgan fingerprint density at radius 1 is 1.21 bits per heavy atom. The van der Waals surface area contributed by atoms with E-state index in [4.69, 9.17) is 5.73 Å². The summed E-state index contributed by atoms with van der Waals surface area (Å²) in [6.07, 6.45) is 4.73. The van der Waals surface area contributed by atoms with E-state index in [9.17, 15) is 0 Å². The molecule has 1 nitrogen and oxygen atoms in total. The highest BCUT2D eigenvalue weighted by Gasteiger charge is 2.37. The minimum atomic E-state index is 0.193. The second-order valence-corrected chi connectivity index (χ2v) is 4.78. The van der Waals surface area contributed by atoms with Crippen LogP contribution in [0.15, 0.2) is 18.2 Å². The lowest BCUT2D eigenvalue weighted by Gasteiger charge is -2.09. The molecule has 0 aliphatic heterocycles. The van der Waals surface area contributed by atoms with Gasteiger partial charge in [0.25, 0.3) is 0 Å². The molecule has 2 rings (SSSR count). The summed E-state index contributed by atoms with van der Waals surface area (Å²) >= 11 is 0. The molecule has 1 aliphatic carbocycles. The summed E-state index contributed by atoms with van der Waals surface area (Å²) in [6.45, 7) is 4.33. The van der Waals surface area contributed by atoms with Gasteiger partial charge in [-0.1, -0.05) is 18.2 Å². The van der Waals surface area contributed by atoms with Crippen molar-refractivity contribution >= 4 is 0 Å². The van der Waals surface area contributed by atoms with Crippen molar-refractivity contribution in [1.29, 1.82) is 0 Å². The molecule has 1 aliphatic rings. The second kappa shape index (κ2) is 3.39. The van der Waals surface area contributed by atoms with Crippen LogP contribution in [-0.2, 0) is 6.42 Å². The van der Waals surface area contributed by atoms with Gasteiger partial charge < -0.3 is 5.73 Å². The van der Waals surface area contributed by atoms with Gasteiger partial charge in [0.1, 0.15) is 0 Å². The van der Waals surface area contributed by atoms with Crippen molar-refractivity contribution in [3.63, 3.8) is 0 Å².